The standard InChI is InChI=1S/C17H22Cl2N4/c1-13-11-17(20-7-10-22-8-3-2-4-9-22)21-23(13)14-5-6-15(18)16(19)12-14/h5-6,11-12H,2-4,7-10H2,1H3,(H,20,21). The first kappa shape index (κ1) is 16.6. The molecule has 1 aromatic heterocycles. The van der Waals surface area contributed by atoms with Gasteiger partial charge in [0.2, 0.25) is 0 Å². The van der Waals surface area contributed by atoms with Gasteiger partial charge < -0.3 is 10.2 Å². The van der Waals surface area contributed by atoms with E-state index in [1.54, 1.807) is 6.07 Å². The minimum absolute atomic E-state index is 0.540. The van der Waals surface area contributed by atoms with Crippen molar-refractivity contribution in [2.24, 2.45) is 0 Å². The maximum atomic E-state index is 6.10. The van der Waals surface area contributed by atoms with Gasteiger partial charge in [0.05, 0.1) is 15.7 Å². The first-order chi connectivity index (χ1) is 11.1. The number of nitrogens with zero attached hydrogens (tertiary/aromatic N) is 3. The molecule has 0 aliphatic carbocycles. The summed E-state index contributed by atoms with van der Waals surface area (Å²) in [6.45, 7) is 6.46. The summed E-state index contributed by atoms with van der Waals surface area (Å²) in [4.78, 5) is 2.51. The molecule has 4 nitrogen and oxygen atoms in total. The van der Waals surface area contributed by atoms with Crippen LogP contribution in [0.3, 0.4) is 0 Å². The molecule has 0 amide bonds. The highest BCUT2D eigenvalue weighted by molar-refractivity contribution is 6.42. The van der Waals surface area contributed by atoms with E-state index in [1.165, 1.54) is 32.4 Å². The Hall–Kier alpha value is -1.23. The highest BCUT2D eigenvalue weighted by Crippen LogP contribution is 2.25. The molecule has 0 unspecified atom stereocenters. The Balaban J connectivity index is 1.62. The SMILES string of the molecule is Cc1cc(NCCN2CCCCC2)nn1-c1ccc(Cl)c(Cl)c1. The van der Waals surface area contributed by atoms with E-state index in [9.17, 15) is 0 Å². The Morgan fingerprint density at radius 1 is 1.09 bits per heavy atom. The van der Waals surface area contributed by atoms with Gasteiger partial charge in [0.15, 0.2) is 0 Å². The van der Waals surface area contributed by atoms with E-state index in [0.717, 1.165) is 30.3 Å². The van der Waals surface area contributed by atoms with Crippen LogP contribution in [0.2, 0.25) is 10.0 Å². The van der Waals surface area contributed by atoms with Gasteiger partial charge in [0, 0.05) is 24.8 Å². The third-order valence-corrected chi connectivity index (χ3v) is 4.96. The van der Waals surface area contributed by atoms with Crippen LogP contribution in [0.4, 0.5) is 5.82 Å². The molecular formula is C17H22Cl2N4. The number of anilines is 1. The quantitative estimate of drug-likeness (QED) is 0.866. The van der Waals surface area contributed by atoms with Crippen LogP contribution in [0.1, 0.15) is 25.0 Å². The molecule has 0 radical (unpaired) electrons. The summed E-state index contributed by atoms with van der Waals surface area (Å²) in [5, 5.41) is 9.13. The van der Waals surface area contributed by atoms with Gasteiger partial charge in [-0.3, -0.25) is 0 Å². The van der Waals surface area contributed by atoms with Gasteiger partial charge in [-0.05, 0) is 51.1 Å². The summed E-state index contributed by atoms with van der Waals surface area (Å²) in [6, 6.07) is 7.61. The minimum atomic E-state index is 0.540. The molecule has 0 atom stereocenters. The van der Waals surface area contributed by atoms with Gasteiger partial charge in [-0.2, -0.15) is 5.10 Å². The second-order valence-corrected chi connectivity index (χ2v) is 6.82. The molecule has 1 aromatic carbocycles. The van der Waals surface area contributed by atoms with E-state index < -0.39 is 0 Å². The maximum absolute atomic E-state index is 6.10. The molecule has 124 valence electrons. The zero-order chi connectivity index (χ0) is 16.2. The molecule has 6 heteroatoms. The molecule has 2 heterocycles. The van der Waals surface area contributed by atoms with Gasteiger partial charge in [-0.15, -0.1) is 0 Å². The van der Waals surface area contributed by atoms with Crippen LogP contribution in [0.25, 0.3) is 5.69 Å². The van der Waals surface area contributed by atoms with Crippen molar-refractivity contribution < 1.29 is 0 Å². The number of hydrogen-bond donors (Lipinski definition) is 1. The van der Waals surface area contributed by atoms with Gasteiger partial charge in [-0.25, -0.2) is 4.68 Å². The van der Waals surface area contributed by atoms with Gasteiger partial charge in [-0.1, -0.05) is 29.6 Å². The highest BCUT2D eigenvalue weighted by atomic mass is 35.5. The molecule has 0 saturated carbocycles. The van der Waals surface area contributed by atoms with Crippen molar-refractivity contribution in [3.8, 4) is 5.69 Å². The largest absolute Gasteiger partial charge is 0.367 e. The fourth-order valence-electron chi connectivity index (χ4n) is 2.96. The van der Waals surface area contributed by atoms with Crippen LogP contribution in [-0.2, 0) is 0 Å². The summed E-state index contributed by atoms with van der Waals surface area (Å²) in [7, 11) is 0. The predicted molar refractivity (Wildman–Crippen MR) is 97.1 cm³/mol. The molecule has 1 N–H and O–H groups in total. The average Bonchev–Trinajstić information content (AvgIpc) is 2.92. The third-order valence-electron chi connectivity index (χ3n) is 4.22. The van der Waals surface area contributed by atoms with Crippen LogP contribution >= 0.6 is 23.2 Å². The number of aromatic nitrogens is 2. The molecular weight excluding hydrogens is 331 g/mol. The van der Waals surface area contributed by atoms with Crippen molar-refractivity contribution in [3.63, 3.8) is 0 Å². The molecule has 2 aromatic rings. The second-order valence-electron chi connectivity index (χ2n) is 6.01. The molecule has 1 fully saturated rings. The summed E-state index contributed by atoms with van der Waals surface area (Å²) in [6.07, 6.45) is 4.02. The first-order valence-corrected chi connectivity index (χ1v) is 8.87. The van der Waals surface area contributed by atoms with Crippen LogP contribution in [-0.4, -0.2) is 40.9 Å². The maximum Gasteiger partial charge on any atom is 0.148 e. The number of aryl methyl sites for hydroxylation is 1. The van der Waals surface area contributed by atoms with E-state index in [4.69, 9.17) is 23.2 Å². The lowest BCUT2D eigenvalue weighted by Gasteiger charge is -2.26. The Morgan fingerprint density at radius 2 is 1.87 bits per heavy atom. The Bertz CT molecular complexity index is 663. The summed E-state index contributed by atoms with van der Waals surface area (Å²) < 4.78 is 1.88. The third kappa shape index (κ3) is 4.19. The lowest BCUT2D eigenvalue weighted by Crippen LogP contribution is -2.33. The number of halogens is 2. The molecule has 23 heavy (non-hydrogen) atoms. The van der Waals surface area contributed by atoms with E-state index in [0.29, 0.717) is 10.0 Å². The van der Waals surface area contributed by atoms with Crippen LogP contribution in [0.5, 0.6) is 0 Å². The van der Waals surface area contributed by atoms with Crippen molar-refractivity contribution >= 4 is 29.0 Å². The fourth-order valence-corrected chi connectivity index (χ4v) is 3.26. The number of rotatable bonds is 5. The van der Waals surface area contributed by atoms with Crippen molar-refractivity contribution in [2.45, 2.75) is 26.2 Å². The second kappa shape index (κ2) is 7.56. The Labute approximate surface area is 147 Å². The Kier molecular flexibility index (Phi) is 5.46. The predicted octanol–water partition coefficient (Wildman–Crippen LogP) is 4.39. The molecule has 1 aliphatic heterocycles. The van der Waals surface area contributed by atoms with Gasteiger partial charge in [0.1, 0.15) is 5.82 Å². The van der Waals surface area contributed by atoms with Gasteiger partial charge >= 0.3 is 0 Å². The first-order valence-electron chi connectivity index (χ1n) is 8.12. The summed E-state index contributed by atoms with van der Waals surface area (Å²) >= 11 is 12.1. The summed E-state index contributed by atoms with van der Waals surface area (Å²) in [5.41, 5.74) is 1.98. The fraction of sp³-hybridized carbons (Fsp3) is 0.471. The van der Waals surface area contributed by atoms with E-state index in [2.05, 4.69) is 21.4 Å². The zero-order valence-electron chi connectivity index (χ0n) is 13.4. The van der Waals surface area contributed by atoms with Crippen LogP contribution in [0.15, 0.2) is 24.3 Å². The van der Waals surface area contributed by atoms with E-state index >= 15 is 0 Å². The number of likely N-dealkylation sites (tertiary alicyclic amines) is 1. The minimum Gasteiger partial charge on any atom is -0.367 e. The van der Waals surface area contributed by atoms with Crippen LogP contribution in [0, 0.1) is 6.92 Å². The molecule has 0 bridgehead atoms. The molecule has 0 spiro atoms. The van der Waals surface area contributed by atoms with Crippen molar-refractivity contribution in [1.82, 2.24) is 14.7 Å². The van der Waals surface area contributed by atoms with Crippen molar-refractivity contribution in [2.75, 3.05) is 31.5 Å². The van der Waals surface area contributed by atoms with Gasteiger partial charge in [0.25, 0.3) is 0 Å². The lowest BCUT2D eigenvalue weighted by molar-refractivity contribution is 0.237. The van der Waals surface area contributed by atoms with E-state index in [1.807, 2.05) is 23.7 Å². The molecule has 1 aliphatic rings. The monoisotopic (exact) mass is 352 g/mol. The number of hydrogen-bond acceptors (Lipinski definition) is 3. The number of benzene rings is 1. The smallest absolute Gasteiger partial charge is 0.148 e. The van der Waals surface area contributed by atoms with E-state index in [-0.39, 0.29) is 0 Å². The highest BCUT2D eigenvalue weighted by Gasteiger charge is 2.11. The summed E-state index contributed by atoms with van der Waals surface area (Å²) in [5.74, 6) is 0.894. The lowest BCUT2D eigenvalue weighted by atomic mass is 10.1. The normalized spacial score (nSPS) is 15.8. The van der Waals surface area contributed by atoms with Crippen molar-refractivity contribution in [3.05, 3.63) is 40.0 Å². The topological polar surface area (TPSA) is 33.1 Å². The zero-order valence-corrected chi connectivity index (χ0v) is 14.9. The Morgan fingerprint density at radius 3 is 2.61 bits per heavy atom. The number of nitrogens with one attached hydrogen (secondary N) is 1. The average molecular weight is 353 g/mol. The number of piperidine rings is 1. The van der Waals surface area contributed by atoms with Crippen LogP contribution < -0.4 is 5.32 Å². The van der Waals surface area contributed by atoms with Crippen molar-refractivity contribution in [1.29, 1.82) is 0 Å². The molecule has 1 saturated heterocycles. The molecule has 3 rings (SSSR count).